The van der Waals surface area contributed by atoms with Crippen molar-refractivity contribution in [2.24, 2.45) is 0 Å². The van der Waals surface area contributed by atoms with E-state index in [1.807, 2.05) is 6.92 Å². The van der Waals surface area contributed by atoms with Crippen LogP contribution in [0.15, 0.2) is 12.1 Å². The zero-order valence-corrected chi connectivity index (χ0v) is 21.2. The van der Waals surface area contributed by atoms with E-state index in [0.29, 0.717) is 34.8 Å². The number of unbranched alkanes of at least 4 members (excludes halogenated alkanes) is 2. The van der Waals surface area contributed by atoms with E-state index in [4.69, 9.17) is 4.55 Å². The Bertz CT molecular complexity index is 1060. The lowest BCUT2D eigenvalue weighted by molar-refractivity contribution is -0.139. The van der Waals surface area contributed by atoms with Crippen molar-refractivity contribution < 1.29 is 47.0 Å². The van der Waals surface area contributed by atoms with Crippen molar-refractivity contribution in [3.63, 3.8) is 0 Å². The molecule has 1 unspecified atom stereocenters. The molecule has 0 saturated carbocycles. The molecule has 14 nitrogen and oxygen atoms in total. The first-order valence-corrected chi connectivity index (χ1v) is 13.9. The summed E-state index contributed by atoms with van der Waals surface area (Å²) in [4.78, 5) is 37.7. The van der Waals surface area contributed by atoms with Crippen molar-refractivity contribution in [3.8, 4) is 11.8 Å². The number of nitrogens with one attached hydrogen (secondary N) is 1. The van der Waals surface area contributed by atoms with Gasteiger partial charge in [-0.1, -0.05) is 19.8 Å². The Morgan fingerprint density at radius 2 is 1.92 bits per heavy atom. The molecule has 3 amide bonds. The van der Waals surface area contributed by atoms with Crippen LogP contribution in [0, 0.1) is 0 Å². The molecule has 1 aromatic heterocycles. The molecule has 0 aliphatic carbocycles. The van der Waals surface area contributed by atoms with Crippen LogP contribution >= 0.6 is 11.8 Å². The first kappa shape index (κ1) is 27.9. The van der Waals surface area contributed by atoms with Crippen LogP contribution < -0.4 is 10.3 Å². The molecule has 2 saturated heterocycles. The monoisotopic (exact) mass is 550 g/mol. The third-order valence-corrected chi connectivity index (χ3v) is 7.95. The van der Waals surface area contributed by atoms with Gasteiger partial charge in [0.15, 0.2) is 6.04 Å². The highest BCUT2D eigenvalue weighted by molar-refractivity contribution is 8.00. The molecule has 2 fully saturated rings. The molecule has 0 spiro atoms. The van der Waals surface area contributed by atoms with Crippen LogP contribution in [0.1, 0.15) is 51.9 Å². The minimum absolute atomic E-state index is 0.0734. The van der Waals surface area contributed by atoms with Gasteiger partial charge in [-0.2, -0.15) is 29.9 Å². The standard InChI is InChI=1S/C20H30N4O10S2/c1-2-3-4-8-15(25)22(23-16(26)9-10-17(23)27)13(19(28)34-36(31,32)33)6-5-7-14-18-12(11-35-14)21-20(29)24(18)30/h9-10,12-14,18,26-27,30H,2-8,11H2,1H3,(H,21,29)(H,31,32,33)/t12-,13?,14-,18-/m0/s1. The van der Waals surface area contributed by atoms with E-state index in [1.165, 1.54) is 11.8 Å². The molecule has 2 aliphatic rings. The summed E-state index contributed by atoms with van der Waals surface area (Å²) >= 11 is 1.51. The van der Waals surface area contributed by atoms with Gasteiger partial charge in [-0.3, -0.25) is 14.6 Å². The van der Waals surface area contributed by atoms with Crippen LogP contribution in [-0.4, -0.2) is 85.2 Å². The third-order valence-electron chi connectivity index (χ3n) is 6.08. The number of thioether (sulfide) groups is 1. The number of urea groups is 1. The number of carbonyl (C=O) groups is 3. The molecule has 3 heterocycles. The van der Waals surface area contributed by atoms with Gasteiger partial charge in [0, 0.05) is 29.6 Å². The van der Waals surface area contributed by atoms with Gasteiger partial charge in [0.1, 0.15) is 0 Å². The Hall–Kier alpha value is -2.69. The molecular weight excluding hydrogens is 520 g/mol. The fourth-order valence-electron chi connectivity index (χ4n) is 4.46. The van der Waals surface area contributed by atoms with Gasteiger partial charge in [-0.15, -0.1) is 0 Å². The average Bonchev–Trinajstić information content (AvgIpc) is 3.42. The van der Waals surface area contributed by atoms with Crippen molar-refractivity contribution in [1.82, 2.24) is 15.1 Å². The van der Waals surface area contributed by atoms with Gasteiger partial charge in [0.25, 0.3) is 0 Å². The summed E-state index contributed by atoms with van der Waals surface area (Å²) in [7, 11) is -5.21. The molecule has 202 valence electrons. The molecule has 0 bridgehead atoms. The van der Waals surface area contributed by atoms with Crippen LogP contribution in [0.25, 0.3) is 0 Å². The summed E-state index contributed by atoms with van der Waals surface area (Å²) in [6.07, 6.45) is 2.24. The Morgan fingerprint density at radius 3 is 2.53 bits per heavy atom. The molecule has 16 heteroatoms. The third kappa shape index (κ3) is 6.35. The maximum atomic E-state index is 13.2. The molecule has 1 aromatic rings. The largest absolute Gasteiger partial charge is 0.493 e. The molecule has 36 heavy (non-hydrogen) atoms. The van der Waals surface area contributed by atoms with Gasteiger partial charge in [-0.25, -0.2) is 14.6 Å². The van der Waals surface area contributed by atoms with Gasteiger partial charge in [0.05, 0.1) is 12.1 Å². The van der Waals surface area contributed by atoms with Crippen molar-refractivity contribution in [2.75, 3.05) is 10.8 Å². The van der Waals surface area contributed by atoms with E-state index in [2.05, 4.69) is 9.50 Å². The minimum Gasteiger partial charge on any atom is -0.493 e. The molecule has 5 N–H and O–H groups in total. The number of hydrogen-bond donors (Lipinski definition) is 5. The van der Waals surface area contributed by atoms with Crippen LogP contribution in [-0.2, 0) is 24.2 Å². The lowest BCUT2D eigenvalue weighted by atomic mass is 10.0. The van der Waals surface area contributed by atoms with Crippen LogP contribution in [0.4, 0.5) is 4.79 Å². The van der Waals surface area contributed by atoms with E-state index >= 15 is 0 Å². The second kappa shape index (κ2) is 11.6. The highest BCUT2D eigenvalue weighted by Crippen LogP contribution is 2.37. The number of nitrogens with zero attached hydrogens (tertiary/aromatic N) is 3. The van der Waals surface area contributed by atoms with Crippen LogP contribution in [0.3, 0.4) is 0 Å². The van der Waals surface area contributed by atoms with Crippen molar-refractivity contribution in [2.45, 2.75) is 75.2 Å². The zero-order valence-electron chi connectivity index (χ0n) is 19.5. The molecule has 4 atom stereocenters. The summed E-state index contributed by atoms with van der Waals surface area (Å²) < 4.78 is 36.5. The fraction of sp³-hybridized carbons (Fsp3) is 0.650. The zero-order chi connectivity index (χ0) is 26.6. The highest BCUT2D eigenvalue weighted by atomic mass is 32.3. The molecular formula is C20H30N4O10S2. The lowest BCUT2D eigenvalue weighted by Gasteiger charge is -2.31. The number of hydrogen-bond acceptors (Lipinski definition) is 10. The minimum atomic E-state index is -5.21. The number of aromatic nitrogens is 1. The van der Waals surface area contributed by atoms with E-state index < -0.39 is 52.2 Å². The number of rotatable bonds is 12. The number of hydroxylamine groups is 2. The van der Waals surface area contributed by atoms with Crippen molar-refractivity contribution >= 4 is 40.1 Å². The second-order valence-corrected chi connectivity index (χ2v) is 10.9. The molecule has 2 aliphatic heterocycles. The second-order valence-electron chi connectivity index (χ2n) is 8.60. The highest BCUT2D eigenvalue weighted by Gasteiger charge is 2.48. The van der Waals surface area contributed by atoms with E-state index in [-0.39, 0.29) is 30.6 Å². The normalized spacial score (nSPS) is 22.2. The summed E-state index contributed by atoms with van der Waals surface area (Å²) in [5.41, 5.74) is 0. The van der Waals surface area contributed by atoms with Crippen LogP contribution in [0.2, 0.25) is 0 Å². The topological polar surface area (TPSA) is 199 Å². The Labute approximate surface area is 212 Å². The maximum absolute atomic E-state index is 13.2. The lowest BCUT2D eigenvalue weighted by Crippen LogP contribution is -2.52. The molecule has 0 aromatic carbocycles. The average molecular weight is 551 g/mol. The number of carbonyl (C=O) groups excluding carboxylic acids is 3. The number of aromatic hydroxyl groups is 2. The fourth-order valence-corrected chi connectivity index (χ4v) is 6.35. The smallest absolute Gasteiger partial charge is 0.449 e. The SMILES string of the molecule is CCCCCC(=O)N(C(CCC[C@@H]1SC[C@@H]2NC(=O)N(O)[C@@H]21)C(=O)OS(=O)(=O)O)n1c(O)ccc1O. The predicted molar refractivity (Wildman–Crippen MR) is 126 cm³/mol. The van der Waals surface area contributed by atoms with Gasteiger partial charge in [-0.05, 0) is 25.7 Å². The quantitative estimate of drug-likeness (QED) is 0.108. The van der Waals surface area contributed by atoms with E-state index in [1.54, 1.807) is 0 Å². The van der Waals surface area contributed by atoms with Gasteiger partial charge >= 0.3 is 22.4 Å². The van der Waals surface area contributed by atoms with E-state index in [0.717, 1.165) is 23.6 Å². The summed E-state index contributed by atoms with van der Waals surface area (Å²) in [5.74, 6) is -2.76. The van der Waals surface area contributed by atoms with Crippen molar-refractivity contribution in [3.05, 3.63) is 12.1 Å². The Kier molecular flexibility index (Phi) is 8.97. The van der Waals surface area contributed by atoms with Crippen LogP contribution in [0.5, 0.6) is 11.8 Å². The summed E-state index contributed by atoms with van der Waals surface area (Å²) in [6.45, 7) is 1.92. The molecule has 0 radical (unpaired) electrons. The first-order valence-electron chi connectivity index (χ1n) is 11.5. The Morgan fingerprint density at radius 1 is 1.25 bits per heavy atom. The maximum Gasteiger partial charge on any atom is 0.449 e. The Balaban J connectivity index is 1.84. The summed E-state index contributed by atoms with van der Waals surface area (Å²) in [6, 6.07) is -0.809. The van der Waals surface area contributed by atoms with Crippen molar-refractivity contribution in [1.29, 1.82) is 0 Å². The van der Waals surface area contributed by atoms with E-state index in [9.17, 15) is 38.2 Å². The molecule has 3 rings (SSSR count). The number of amides is 3. The summed E-state index contributed by atoms with van der Waals surface area (Å²) in [5, 5.41) is 34.4. The first-order chi connectivity index (χ1) is 16.9. The van der Waals surface area contributed by atoms with Gasteiger partial charge < -0.3 is 19.7 Å². The van der Waals surface area contributed by atoms with Gasteiger partial charge in [0.2, 0.25) is 17.7 Å². The predicted octanol–water partition coefficient (Wildman–Crippen LogP) is 1.10. The number of fused-ring (bicyclic) bond motifs is 1.